The van der Waals surface area contributed by atoms with Crippen molar-refractivity contribution in [2.24, 2.45) is 0 Å². The average Bonchev–Trinajstić information content (AvgIpc) is 2.97. The molecule has 0 aliphatic heterocycles. The van der Waals surface area contributed by atoms with Gasteiger partial charge in [-0.05, 0) is 26.0 Å². The monoisotopic (exact) mass is 270 g/mol. The summed E-state index contributed by atoms with van der Waals surface area (Å²) in [6.07, 6.45) is 0. The zero-order chi connectivity index (χ0) is 13.4. The van der Waals surface area contributed by atoms with Crippen LogP contribution in [0.15, 0.2) is 35.7 Å². The SMILES string of the molecule is Cc1nc(-c2nn(-c3ccccc3)c(N)c2C)cs1. The Morgan fingerprint density at radius 2 is 1.89 bits per heavy atom. The van der Waals surface area contributed by atoms with E-state index in [1.807, 2.05) is 49.6 Å². The fourth-order valence-electron chi connectivity index (χ4n) is 1.99. The molecule has 0 aliphatic rings. The van der Waals surface area contributed by atoms with Crippen LogP contribution in [0, 0.1) is 13.8 Å². The third-order valence-corrected chi connectivity index (χ3v) is 3.80. The minimum atomic E-state index is 0.659. The topological polar surface area (TPSA) is 56.7 Å². The van der Waals surface area contributed by atoms with Crippen molar-refractivity contribution in [2.45, 2.75) is 13.8 Å². The largest absolute Gasteiger partial charge is 0.383 e. The van der Waals surface area contributed by atoms with Crippen LogP contribution in [-0.4, -0.2) is 14.8 Å². The number of thiazole rings is 1. The number of aryl methyl sites for hydroxylation is 1. The van der Waals surface area contributed by atoms with E-state index in [1.54, 1.807) is 16.0 Å². The molecule has 0 amide bonds. The Balaban J connectivity index is 2.15. The van der Waals surface area contributed by atoms with E-state index in [0.717, 1.165) is 27.6 Å². The highest BCUT2D eigenvalue weighted by Gasteiger charge is 2.16. The van der Waals surface area contributed by atoms with E-state index in [2.05, 4.69) is 10.1 Å². The Morgan fingerprint density at radius 3 is 2.53 bits per heavy atom. The summed E-state index contributed by atoms with van der Waals surface area (Å²) < 4.78 is 1.76. The predicted molar refractivity (Wildman–Crippen MR) is 78.6 cm³/mol. The first-order chi connectivity index (χ1) is 9.16. The molecule has 3 rings (SSSR count). The molecule has 4 nitrogen and oxygen atoms in total. The van der Waals surface area contributed by atoms with Gasteiger partial charge in [0.1, 0.15) is 17.2 Å². The van der Waals surface area contributed by atoms with E-state index >= 15 is 0 Å². The quantitative estimate of drug-likeness (QED) is 0.778. The first kappa shape index (κ1) is 11.9. The maximum absolute atomic E-state index is 6.16. The summed E-state index contributed by atoms with van der Waals surface area (Å²) in [5.41, 5.74) is 9.82. The van der Waals surface area contributed by atoms with E-state index in [1.165, 1.54) is 0 Å². The van der Waals surface area contributed by atoms with Crippen LogP contribution in [0.25, 0.3) is 17.1 Å². The average molecular weight is 270 g/mol. The lowest BCUT2D eigenvalue weighted by atomic mass is 10.2. The van der Waals surface area contributed by atoms with E-state index in [9.17, 15) is 0 Å². The summed E-state index contributed by atoms with van der Waals surface area (Å²) >= 11 is 1.62. The molecule has 2 heterocycles. The van der Waals surface area contributed by atoms with Crippen molar-refractivity contribution < 1.29 is 0 Å². The Bertz CT molecular complexity index is 712. The zero-order valence-electron chi connectivity index (χ0n) is 10.8. The summed E-state index contributed by atoms with van der Waals surface area (Å²) in [5, 5.41) is 7.64. The van der Waals surface area contributed by atoms with Gasteiger partial charge in [0.25, 0.3) is 0 Å². The smallest absolute Gasteiger partial charge is 0.130 e. The number of hydrogen-bond donors (Lipinski definition) is 1. The number of benzene rings is 1. The molecule has 3 aromatic rings. The van der Waals surface area contributed by atoms with Crippen LogP contribution < -0.4 is 5.73 Å². The van der Waals surface area contributed by atoms with E-state index in [0.29, 0.717) is 5.82 Å². The molecule has 2 N–H and O–H groups in total. The number of aromatic nitrogens is 3. The summed E-state index contributed by atoms with van der Waals surface area (Å²) in [4.78, 5) is 4.48. The van der Waals surface area contributed by atoms with Crippen LogP contribution in [0.3, 0.4) is 0 Å². The second-order valence-electron chi connectivity index (χ2n) is 4.36. The Kier molecular flexibility index (Phi) is 2.83. The van der Waals surface area contributed by atoms with Crippen molar-refractivity contribution in [2.75, 3.05) is 5.73 Å². The number of nitrogens with two attached hydrogens (primary N) is 1. The highest BCUT2D eigenvalue weighted by molar-refractivity contribution is 7.09. The molecular weight excluding hydrogens is 256 g/mol. The Morgan fingerprint density at radius 1 is 1.16 bits per heavy atom. The Labute approximate surface area is 115 Å². The predicted octanol–water partition coefficient (Wildman–Crippen LogP) is 3.19. The lowest BCUT2D eigenvalue weighted by Gasteiger charge is -2.02. The van der Waals surface area contributed by atoms with Crippen LogP contribution in [0.1, 0.15) is 10.6 Å². The van der Waals surface area contributed by atoms with Gasteiger partial charge in [0, 0.05) is 10.9 Å². The second-order valence-corrected chi connectivity index (χ2v) is 5.42. The molecule has 96 valence electrons. The first-order valence-corrected chi connectivity index (χ1v) is 6.88. The first-order valence-electron chi connectivity index (χ1n) is 6.00. The molecular formula is C14H14N4S. The Hall–Kier alpha value is -2.14. The van der Waals surface area contributed by atoms with Crippen molar-refractivity contribution in [3.05, 3.63) is 46.3 Å². The maximum atomic E-state index is 6.16. The normalized spacial score (nSPS) is 10.8. The van der Waals surface area contributed by atoms with Gasteiger partial charge in [-0.1, -0.05) is 18.2 Å². The van der Waals surface area contributed by atoms with Gasteiger partial charge < -0.3 is 5.73 Å². The minimum absolute atomic E-state index is 0.659. The molecule has 0 atom stereocenters. The lowest BCUT2D eigenvalue weighted by molar-refractivity contribution is 0.893. The van der Waals surface area contributed by atoms with Gasteiger partial charge in [0.2, 0.25) is 0 Å². The fourth-order valence-corrected chi connectivity index (χ4v) is 2.59. The molecule has 0 unspecified atom stereocenters. The number of nitrogens with zero attached hydrogens (tertiary/aromatic N) is 3. The van der Waals surface area contributed by atoms with Crippen molar-refractivity contribution in [3.63, 3.8) is 0 Å². The molecule has 0 spiro atoms. The summed E-state index contributed by atoms with van der Waals surface area (Å²) in [6.45, 7) is 3.97. The fraction of sp³-hybridized carbons (Fsp3) is 0.143. The van der Waals surface area contributed by atoms with Crippen molar-refractivity contribution in [3.8, 4) is 17.1 Å². The van der Waals surface area contributed by atoms with Gasteiger partial charge in [-0.15, -0.1) is 11.3 Å². The van der Waals surface area contributed by atoms with Gasteiger partial charge >= 0.3 is 0 Å². The van der Waals surface area contributed by atoms with Gasteiger partial charge in [-0.2, -0.15) is 5.10 Å². The number of anilines is 1. The molecule has 5 heteroatoms. The van der Waals surface area contributed by atoms with Crippen LogP contribution in [0.2, 0.25) is 0 Å². The van der Waals surface area contributed by atoms with Crippen molar-refractivity contribution in [1.29, 1.82) is 0 Å². The third-order valence-electron chi connectivity index (χ3n) is 3.03. The lowest BCUT2D eigenvalue weighted by Crippen LogP contribution is -2.01. The number of para-hydroxylation sites is 1. The van der Waals surface area contributed by atoms with Gasteiger partial charge in [0.15, 0.2) is 0 Å². The van der Waals surface area contributed by atoms with Crippen LogP contribution in [0.4, 0.5) is 5.82 Å². The minimum Gasteiger partial charge on any atom is -0.383 e. The number of rotatable bonds is 2. The number of hydrogen-bond acceptors (Lipinski definition) is 4. The zero-order valence-corrected chi connectivity index (χ0v) is 11.6. The van der Waals surface area contributed by atoms with Crippen LogP contribution in [-0.2, 0) is 0 Å². The molecule has 2 aromatic heterocycles. The van der Waals surface area contributed by atoms with E-state index < -0.39 is 0 Å². The molecule has 1 aromatic carbocycles. The van der Waals surface area contributed by atoms with Crippen molar-refractivity contribution >= 4 is 17.2 Å². The molecule has 0 aliphatic carbocycles. The molecule has 0 saturated carbocycles. The van der Waals surface area contributed by atoms with Gasteiger partial charge in [0.05, 0.1) is 10.7 Å². The van der Waals surface area contributed by atoms with Gasteiger partial charge in [-0.3, -0.25) is 0 Å². The highest BCUT2D eigenvalue weighted by atomic mass is 32.1. The second kappa shape index (κ2) is 4.51. The summed E-state index contributed by atoms with van der Waals surface area (Å²) in [5.74, 6) is 0.659. The molecule has 19 heavy (non-hydrogen) atoms. The van der Waals surface area contributed by atoms with Crippen LogP contribution >= 0.6 is 11.3 Å². The van der Waals surface area contributed by atoms with Crippen molar-refractivity contribution in [1.82, 2.24) is 14.8 Å². The van der Waals surface area contributed by atoms with E-state index in [4.69, 9.17) is 5.73 Å². The highest BCUT2D eigenvalue weighted by Crippen LogP contribution is 2.28. The third kappa shape index (κ3) is 2.02. The van der Waals surface area contributed by atoms with E-state index in [-0.39, 0.29) is 0 Å². The van der Waals surface area contributed by atoms with Crippen LogP contribution in [0.5, 0.6) is 0 Å². The maximum Gasteiger partial charge on any atom is 0.130 e. The molecule has 0 bridgehead atoms. The standard InChI is InChI=1S/C14H14N4S/c1-9-13(12-8-19-10(2)16-12)17-18(14(9)15)11-6-4-3-5-7-11/h3-8H,15H2,1-2H3. The molecule has 0 saturated heterocycles. The molecule has 0 fully saturated rings. The summed E-state index contributed by atoms with van der Waals surface area (Å²) in [7, 11) is 0. The van der Waals surface area contributed by atoms with Gasteiger partial charge in [-0.25, -0.2) is 9.67 Å². The number of nitrogen functional groups attached to an aromatic ring is 1. The molecule has 0 radical (unpaired) electrons. The summed E-state index contributed by atoms with van der Waals surface area (Å²) in [6, 6.07) is 9.88.